The van der Waals surface area contributed by atoms with Gasteiger partial charge in [-0.1, -0.05) is 18.2 Å². The fourth-order valence-corrected chi connectivity index (χ4v) is 3.26. The number of benzene rings is 2. The summed E-state index contributed by atoms with van der Waals surface area (Å²) < 4.78 is 12.9. The molecule has 1 aliphatic heterocycles. The Kier molecular flexibility index (Phi) is 5.71. The smallest absolute Gasteiger partial charge is 0.246 e. The molecule has 2 aromatic carbocycles. The van der Waals surface area contributed by atoms with Gasteiger partial charge in [0.1, 0.15) is 5.82 Å². The number of likely N-dealkylation sites (N-methyl/N-ethyl adjacent to an activating group) is 1. The van der Waals surface area contributed by atoms with Crippen LogP contribution in [0.5, 0.6) is 0 Å². The number of carbonyl (C=O) groups is 1. The third-order valence-electron chi connectivity index (χ3n) is 4.90. The van der Waals surface area contributed by atoms with Gasteiger partial charge in [-0.2, -0.15) is 0 Å². The second-order valence-electron chi connectivity index (χ2n) is 6.88. The van der Waals surface area contributed by atoms with Gasteiger partial charge in [0, 0.05) is 38.9 Å². The molecule has 0 unspecified atom stereocenters. The summed E-state index contributed by atoms with van der Waals surface area (Å²) in [6.07, 6.45) is 6.47. The third kappa shape index (κ3) is 4.51. The first-order chi connectivity index (χ1) is 12.5. The lowest BCUT2D eigenvalue weighted by atomic mass is 9.99. The average Bonchev–Trinajstić information content (AvgIpc) is 2.65. The molecule has 0 bridgehead atoms. The van der Waals surface area contributed by atoms with Crippen LogP contribution in [0.4, 0.5) is 10.1 Å². The fraction of sp³-hybridized carbons (Fsp3) is 0.318. The van der Waals surface area contributed by atoms with Gasteiger partial charge in [0.25, 0.3) is 0 Å². The first-order valence-corrected chi connectivity index (χ1v) is 9.04. The summed E-state index contributed by atoms with van der Waals surface area (Å²) in [5.74, 6) is -0.265. The number of nitrogens with zero attached hydrogens (tertiary/aromatic N) is 2. The molecule has 1 amide bonds. The molecule has 0 spiro atoms. The van der Waals surface area contributed by atoms with E-state index in [-0.39, 0.29) is 11.7 Å². The van der Waals surface area contributed by atoms with Crippen LogP contribution in [0.25, 0.3) is 6.08 Å². The van der Waals surface area contributed by atoms with Crippen LogP contribution in [0, 0.1) is 5.82 Å². The van der Waals surface area contributed by atoms with Gasteiger partial charge in [0.2, 0.25) is 5.91 Å². The Morgan fingerprint density at radius 1 is 1.23 bits per heavy atom. The zero-order chi connectivity index (χ0) is 18.5. The zero-order valence-corrected chi connectivity index (χ0v) is 15.4. The average molecular weight is 352 g/mol. The van der Waals surface area contributed by atoms with E-state index in [1.807, 2.05) is 6.08 Å². The molecule has 3 rings (SSSR count). The van der Waals surface area contributed by atoms with Crippen molar-refractivity contribution in [3.05, 3.63) is 71.0 Å². The number of amides is 1. The predicted octanol–water partition coefficient (Wildman–Crippen LogP) is 3.92. The summed E-state index contributed by atoms with van der Waals surface area (Å²) in [6.45, 7) is 1.70. The number of anilines is 1. The summed E-state index contributed by atoms with van der Waals surface area (Å²) in [5.41, 5.74) is 4.71. The van der Waals surface area contributed by atoms with Crippen molar-refractivity contribution in [3.8, 4) is 0 Å². The number of hydrogen-bond donors (Lipinski definition) is 0. The van der Waals surface area contributed by atoms with Gasteiger partial charge >= 0.3 is 0 Å². The van der Waals surface area contributed by atoms with Gasteiger partial charge in [-0.3, -0.25) is 4.79 Å². The Hall–Kier alpha value is -2.62. The molecular weight excluding hydrogens is 327 g/mol. The van der Waals surface area contributed by atoms with E-state index < -0.39 is 0 Å². The summed E-state index contributed by atoms with van der Waals surface area (Å²) in [4.78, 5) is 16.3. The van der Waals surface area contributed by atoms with Crippen LogP contribution in [0.2, 0.25) is 0 Å². The number of fused-ring (bicyclic) bond motifs is 1. The summed E-state index contributed by atoms with van der Waals surface area (Å²) in [5, 5.41) is 0. The standard InChI is InChI=1S/C22H25FN2O/c1-24-14-3-4-19-16-18(7-11-21(19)24)8-12-22(26)25(2)15-13-17-5-9-20(23)10-6-17/h5-12,16H,3-4,13-15H2,1-2H3. The van der Waals surface area contributed by atoms with Crippen molar-refractivity contribution >= 4 is 17.7 Å². The van der Waals surface area contributed by atoms with Gasteiger partial charge in [-0.15, -0.1) is 0 Å². The number of rotatable bonds is 5. The first kappa shape index (κ1) is 18.2. The van der Waals surface area contributed by atoms with Gasteiger partial charge in [0.05, 0.1) is 0 Å². The van der Waals surface area contributed by atoms with Crippen LogP contribution in [0.15, 0.2) is 48.5 Å². The van der Waals surface area contributed by atoms with E-state index in [0.29, 0.717) is 13.0 Å². The number of carbonyl (C=O) groups excluding carboxylic acids is 1. The number of aryl methyl sites for hydroxylation is 1. The molecule has 0 aliphatic carbocycles. The monoisotopic (exact) mass is 352 g/mol. The summed E-state index contributed by atoms with van der Waals surface area (Å²) in [7, 11) is 3.91. The molecule has 0 N–H and O–H groups in total. The minimum Gasteiger partial charge on any atom is -0.374 e. The molecule has 2 aromatic rings. The molecule has 1 heterocycles. The Morgan fingerprint density at radius 3 is 2.77 bits per heavy atom. The van der Waals surface area contributed by atoms with Gasteiger partial charge < -0.3 is 9.80 Å². The lowest BCUT2D eigenvalue weighted by Gasteiger charge is -2.27. The highest BCUT2D eigenvalue weighted by Gasteiger charge is 2.13. The molecule has 0 fully saturated rings. The molecule has 0 atom stereocenters. The Bertz CT molecular complexity index is 798. The molecule has 0 aromatic heterocycles. The summed E-state index contributed by atoms with van der Waals surface area (Å²) in [6, 6.07) is 12.8. The van der Waals surface area contributed by atoms with E-state index in [4.69, 9.17) is 0 Å². The fourth-order valence-electron chi connectivity index (χ4n) is 3.26. The lowest BCUT2D eigenvalue weighted by molar-refractivity contribution is -0.124. The van der Waals surface area contributed by atoms with Crippen LogP contribution in [-0.4, -0.2) is 38.0 Å². The molecule has 3 nitrogen and oxygen atoms in total. The minimum absolute atomic E-state index is 0.0260. The molecule has 0 saturated carbocycles. The van der Waals surface area contributed by atoms with Crippen LogP contribution < -0.4 is 4.90 Å². The maximum absolute atomic E-state index is 12.9. The maximum Gasteiger partial charge on any atom is 0.246 e. The van der Waals surface area contributed by atoms with E-state index in [2.05, 4.69) is 30.1 Å². The predicted molar refractivity (Wildman–Crippen MR) is 105 cm³/mol. The molecule has 1 aliphatic rings. The van der Waals surface area contributed by atoms with Crippen LogP contribution in [0.3, 0.4) is 0 Å². The minimum atomic E-state index is -0.239. The second-order valence-corrected chi connectivity index (χ2v) is 6.88. The molecule has 0 saturated heterocycles. The van der Waals surface area contributed by atoms with Crippen molar-refractivity contribution in [2.24, 2.45) is 0 Å². The van der Waals surface area contributed by atoms with Crippen LogP contribution in [0.1, 0.15) is 23.1 Å². The molecular formula is C22H25FN2O. The summed E-state index contributed by atoms with van der Waals surface area (Å²) >= 11 is 0. The molecule has 0 radical (unpaired) electrons. The Labute approximate surface area is 154 Å². The van der Waals surface area contributed by atoms with Crippen molar-refractivity contribution in [1.82, 2.24) is 4.90 Å². The van der Waals surface area contributed by atoms with Crippen molar-refractivity contribution in [1.29, 1.82) is 0 Å². The molecule has 136 valence electrons. The third-order valence-corrected chi connectivity index (χ3v) is 4.90. The van der Waals surface area contributed by atoms with Gasteiger partial charge in [0.15, 0.2) is 0 Å². The zero-order valence-electron chi connectivity index (χ0n) is 15.4. The number of hydrogen-bond acceptors (Lipinski definition) is 2. The maximum atomic E-state index is 12.9. The van der Waals surface area contributed by atoms with Crippen molar-refractivity contribution < 1.29 is 9.18 Å². The number of halogens is 1. The quantitative estimate of drug-likeness (QED) is 0.762. The molecule has 26 heavy (non-hydrogen) atoms. The largest absolute Gasteiger partial charge is 0.374 e. The van der Waals surface area contributed by atoms with E-state index in [1.54, 1.807) is 30.2 Å². The van der Waals surface area contributed by atoms with Gasteiger partial charge in [-0.05, 0) is 66.3 Å². The van der Waals surface area contributed by atoms with E-state index in [0.717, 1.165) is 24.1 Å². The topological polar surface area (TPSA) is 23.6 Å². The van der Waals surface area contributed by atoms with Crippen molar-refractivity contribution in [2.75, 3.05) is 32.1 Å². The Balaban J connectivity index is 1.57. The second kappa shape index (κ2) is 8.17. The van der Waals surface area contributed by atoms with Crippen molar-refractivity contribution in [3.63, 3.8) is 0 Å². The highest BCUT2D eigenvalue weighted by Crippen LogP contribution is 2.27. The van der Waals surface area contributed by atoms with Crippen molar-refractivity contribution in [2.45, 2.75) is 19.3 Å². The SMILES string of the molecule is CN(CCc1ccc(F)cc1)C(=O)C=Cc1ccc2c(c1)CCCN2C. The van der Waals surface area contributed by atoms with Crippen LogP contribution in [-0.2, 0) is 17.6 Å². The first-order valence-electron chi connectivity index (χ1n) is 9.04. The van der Waals surface area contributed by atoms with E-state index in [1.165, 1.54) is 29.8 Å². The highest BCUT2D eigenvalue weighted by atomic mass is 19.1. The van der Waals surface area contributed by atoms with E-state index >= 15 is 0 Å². The lowest BCUT2D eigenvalue weighted by Crippen LogP contribution is -2.27. The van der Waals surface area contributed by atoms with Crippen LogP contribution >= 0.6 is 0 Å². The normalized spacial score (nSPS) is 13.7. The highest BCUT2D eigenvalue weighted by molar-refractivity contribution is 5.91. The van der Waals surface area contributed by atoms with E-state index in [9.17, 15) is 9.18 Å². The molecule has 4 heteroatoms. The van der Waals surface area contributed by atoms with Gasteiger partial charge in [-0.25, -0.2) is 4.39 Å². The Morgan fingerprint density at radius 2 is 2.00 bits per heavy atom.